The van der Waals surface area contributed by atoms with Crippen LogP contribution in [0.3, 0.4) is 0 Å². The van der Waals surface area contributed by atoms with E-state index in [0.717, 1.165) is 4.90 Å². The van der Waals surface area contributed by atoms with E-state index in [1.807, 2.05) is 0 Å². The molecule has 8 heteroatoms. The molecule has 1 aromatic carbocycles. The number of benzene rings is 1. The molecule has 0 bridgehead atoms. The number of rotatable bonds is 3. The molecule has 0 aromatic heterocycles. The van der Waals surface area contributed by atoms with Crippen molar-refractivity contribution in [3.05, 3.63) is 45.7 Å². The number of aliphatic hydroxyl groups is 1. The third kappa shape index (κ3) is 3.53. The molecule has 0 unspecified atom stereocenters. The molecule has 0 atom stereocenters. The molecule has 1 amide bonds. The zero-order chi connectivity index (χ0) is 21.6. The monoisotopic (exact) mass is 421 g/mol. The van der Waals surface area contributed by atoms with E-state index >= 15 is 0 Å². The number of halogens is 1. The smallest absolute Gasteiger partial charge is 0.323 e. The van der Waals surface area contributed by atoms with Crippen molar-refractivity contribution in [2.75, 3.05) is 19.8 Å². The number of hydrogen-bond donors (Lipinski definition) is 2. The normalized spacial score (nSPS) is 18.6. The minimum Gasteiger partial charge on any atom is -0.510 e. The summed E-state index contributed by atoms with van der Waals surface area (Å²) in [6.45, 7) is 5.10. The number of hydrogen-bond acceptors (Lipinski definition) is 5. The molecule has 156 valence electrons. The van der Waals surface area contributed by atoms with E-state index in [4.69, 9.17) is 16.3 Å². The molecule has 0 saturated carbocycles. The molecule has 2 aliphatic rings. The molecule has 29 heavy (non-hydrogen) atoms. The third-order valence-electron chi connectivity index (χ3n) is 5.56. The van der Waals surface area contributed by atoms with Gasteiger partial charge in [0.15, 0.2) is 0 Å². The minimum atomic E-state index is -1.21. The lowest BCUT2D eigenvalue weighted by molar-refractivity contribution is -0.146. The topological polar surface area (TPSA) is 104 Å². The second-order valence-electron chi connectivity index (χ2n) is 8.37. The number of carboxylic acids is 1. The number of allylic oxidation sites excluding steroid dienone is 1. The highest BCUT2D eigenvalue weighted by Crippen LogP contribution is 2.49. The van der Waals surface area contributed by atoms with E-state index in [0.29, 0.717) is 36.6 Å². The second-order valence-corrected chi connectivity index (χ2v) is 8.77. The molecule has 1 spiro atoms. The average molecular weight is 422 g/mol. The van der Waals surface area contributed by atoms with Crippen molar-refractivity contribution in [2.24, 2.45) is 0 Å². The maximum atomic E-state index is 13.4. The van der Waals surface area contributed by atoms with Crippen LogP contribution < -0.4 is 0 Å². The number of ether oxygens (including phenoxy) is 1. The molecule has 1 aliphatic heterocycles. The summed E-state index contributed by atoms with van der Waals surface area (Å²) in [6, 6.07) is 4.85. The lowest BCUT2D eigenvalue weighted by atomic mass is 9.65. The first-order chi connectivity index (χ1) is 13.5. The first-order valence-corrected chi connectivity index (χ1v) is 9.77. The van der Waals surface area contributed by atoms with Gasteiger partial charge in [0.05, 0.1) is 5.41 Å². The second kappa shape index (κ2) is 7.46. The van der Waals surface area contributed by atoms with Gasteiger partial charge in [-0.2, -0.15) is 0 Å². The number of carboxylic acid groups (broad SMARTS) is 1. The quantitative estimate of drug-likeness (QED) is 0.726. The van der Waals surface area contributed by atoms with Gasteiger partial charge in [-0.1, -0.05) is 23.7 Å². The Kier molecular flexibility index (Phi) is 5.49. The molecular weight excluding hydrogens is 398 g/mol. The first kappa shape index (κ1) is 21.3. The van der Waals surface area contributed by atoms with Gasteiger partial charge < -0.3 is 19.8 Å². The lowest BCUT2D eigenvalue weighted by Crippen LogP contribution is -2.52. The summed E-state index contributed by atoms with van der Waals surface area (Å²) in [5, 5.41) is 20.9. The predicted molar refractivity (Wildman–Crippen MR) is 106 cm³/mol. The van der Waals surface area contributed by atoms with Crippen molar-refractivity contribution in [3.8, 4) is 0 Å². The summed E-state index contributed by atoms with van der Waals surface area (Å²) < 4.78 is 5.44. The molecule has 1 heterocycles. The number of amides is 1. The largest absolute Gasteiger partial charge is 0.510 e. The molecule has 1 aromatic rings. The molecule has 7 nitrogen and oxygen atoms in total. The van der Waals surface area contributed by atoms with Crippen LogP contribution in [0.1, 0.15) is 49.5 Å². The van der Waals surface area contributed by atoms with Crippen LogP contribution in [0.4, 0.5) is 0 Å². The van der Waals surface area contributed by atoms with Gasteiger partial charge in [-0.15, -0.1) is 0 Å². The Morgan fingerprint density at radius 2 is 1.86 bits per heavy atom. The molecule has 1 fully saturated rings. The Bertz CT molecular complexity index is 908. The summed E-state index contributed by atoms with van der Waals surface area (Å²) in [5.74, 6) is -3.02. The van der Waals surface area contributed by atoms with E-state index in [2.05, 4.69) is 0 Å². The molecule has 3 rings (SSSR count). The van der Waals surface area contributed by atoms with Crippen LogP contribution in [-0.4, -0.2) is 58.1 Å². The van der Waals surface area contributed by atoms with Gasteiger partial charge in [0.1, 0.15) is 17.9 Å². The summed E-state index contributed by atoms with van der Waals surface area (Å²) in [7, 11) is 0. The zero-order valence-corrected chi connectivity index (χ0v) is 17.4. The first-order valence-electron chi connectivity index (χ1n) is 9.39. The number of Topliss-reactive ketones (excluding diaryl/α,β-unsaturated/α-hetero) is 1. The van der Waals surface area contributed by atoms with Gasteiger partial charge in [0, 0.05) is 29.3 Å². The van der Waals surface area contributed by atoms with Crippen LogP contribution in [0.15, 0.2) is 29.5 Å². The van der Waals surface area contributed by atoms with Crippen LogP contribution in [0, 0.1) is 0 Å². The van der Waals surface area contributed by atoms with Gasteiger partial charge in [0.25, 0.3) is 5.91 Å². The summed E-state index contributed by atoms with van der Waals surface area (Å²) >= 11 is 6.43. The van der Waals surface area contributed by atoms with E-state index in [1.165, 1.54) is 0 Å². The van der Waals surface area contributed by atoms with Gasteiger partial charge in [-0.05, 0) is 45.2 Å². The van der Waals surface area contributed by atoms with Crippen LogP contribution in [-0.2, 0) is 19.7 Å². The van der Waals surface area contributed by atoms with Crippen molar-refractivity contribution in [1.29, 1.82) is 0 Å². The maximum absolute atomic E-state index is 13.4. The Morgan fingerprint density at radius 3 is 2.41 bits per heavy atom. The molecule has 1 aliphatic carbocycles. The Hall–Kier alpha value is -2.38. The summed E-state index contributed by atoms with van der Waals surface area (Å²) in [4.78, 5) is 39.1. The van der Waals surface area contributed by atoms with Crippen molar-refractivity contribution >= 4 is 29.3 Å². The molecule has 2 N–H and O–H groups in total. The van der Waals surface area contributed by atoms with Crippen LogP contribution in [0.5, 0.6) is 0 Å². The zero-order valence-electron chi connectivity index (χ0n) is 16.6. The summed E-state index contributed by atoms with van der Waals surface area (Å²) in [6.07, 6.45) is 0.710. The number of carbonyl (C=O) groups excluding carboxylic acids is 2. The highest BCUT2D eigenvalue weighted by Gasteiger charge is 2.50. The Morgan fingerprint density at radius 1 is 1.24 bits per heavy atom. The van der Waals surface area contributed by atoms with Gasteiger partial charge in [-0.3, -0.25) is 14.4 Å². The summed E-state index contributed by atoms with van der Waals surface area (Å²) in [5.41, 5.74) is -1.52. The number of aliphatic carboxylic acids is 1. The number of carbonyl (C=O) groups is 3. The molecular formula is C21H24ClNO6. The fourth-order valence-electron chi connectivity index (χ4n) is 4.09. The number of fused-ring (bicyclic) bond motifs is 2. The van der Waals surface area contributed by atoms with Crippen LogP contribution >= 0.6 is 11.6 Å². The predicted octanol–water partition coefficient (Wildman–Crippen LogP) is 3.11. The van der Waals surface area contributed by atoms with E-state index in [9.17, 15) is 24.6 Å². The van der Waals surface area contributed by atoms with Crippen molar-refractivity contribution in [1.82, 2.24) is 4.90 Å². The highest BCUT2D eigenvalue weighted by atomic mass is 35.5. The number of aliphatic hydroxyl groups excluding tert-OH is 1. The highest BCUT2D eigenvalue weighted by molar-refractivity contribution is 6.34. The number of ketones is 1. The van der Waals surface area contributed by atoms with E-state index in [-0.39, 0.29) is 11.3 Å². The maximum Gasteiger partial charge on any atom is 0.323 e. The van der Waals surface area contributed by atoms with Crippen LogP contribution in [0.2, 0.25) is 5.02 Å². The standard InChI is InChI=1S/C21H24ClNO6/c1-20(2,3)23(11-14(24)25)19(28)15-17(26)12-5-4-6-13(22)16(12)21(18(15)27)7-9-29-10-8-21/h4-6,27H,7-11H2,1-3H3,(H,24,25). The SMILES string of the molecule is CC(C)(C)N(CC(=O)O)C(=O)C1=C(O)C2(CCOCC2)c2c(Cl)cccc2C1=O. The number of nitrogens with zero attached hydrogens (tertiary/aromatic N) is 1. The van der Waals surface area contributed by atoms with Crippen molar-refractivity contribution in [2.45, 2.75) is 44.6 Å². The average Bonchev–Trinajstić information content (AvgIpc) is 2.64. The fraction of sp³-hybridized carbons (Fsp3) is 0.476. The minimum absolute atomic E-state index is 0.254. The van der Waals surface area contributed by atoms with Gasteiger partial charge >= 0.3 is 5.97 Å². The van der Waals surface area contributed by atoms with Crippen molar-refractivity contribution in [3.63, 3.8) is 0 Å². The van der Waals surface area contributed by atoms with Gasteiger partial charge in [-0.25, -0.2) is 0 Å². The lowest BCUT2D eigenvalue weighted by Gasteiger charge is -2.43. The fourth-order valence-corrected chi connectivity index (χ4v) is 4.44. The third-order valence-corrected chi connectivity index (χ3v) is 5.88. The van der Waals surface area contributed by atoms with Crippen LogP contribution in [0.25, 0.3) is 0 Å². The van der Waals surface area contributed by atoms with Gasteiger partial charge in [0.2, 0.25) is 5.78 Å². The molecule has 0 radical (unpaired) electrons. The van der Waals surface area contributed by atoms with E-state index in [1.54, 1.807) is 39.0 Å². The Labute approximate surface area is 173 Å². The van der Waals surface area contributed by atoms with E-state index < -0.39 is 40.7 Å². The van der Waals surface area contributed by atoms with Crippen molar-refractivity contribution < 1.29 is 29.3 Å². The Balaban J connectivity index is 2.23. The molecule has 1 saturated heterocycles.